The number of piperazine rings is 1. The molecule has 2 heterocycles. The van der Waals surface area contributed by atoms with Crippen molar-refractivity contribution < 1.29 is 4.79 Å². The smallest absolute Gasteiger partial charge is 0.272 e. The van der Waals surface area contributed by atoms with Crippen LogP contribution in [0.4, 0.5) is 0 Å². The summed E-state index contributed by atoms with van der Waals surface area (Å²) in [7, 11) is 0. The van der Waals surface area contributed by atoms with Crippen LogP contribution in [0, 0.1) is 11.3 Å². The number of halogens is 1. The number of hydrogen-bond acceptors (Lipinski definition) is 4. The van der Waals surface area contributed by atoms with Gasteiger partial charge in [0.15, 0.2) is 0 Å². The van der Waals surface area contributed by atoms with Gasteiger partial charge in [-0.1, -0.05) is 17.7 Å². The van der Waals surface area contributed by atoms with Crippen molar-refractivity contribution in [1.82, 2.24) is 14.8 Å². The van der Waals surface area contributed by atoms with Crippen molar-refractivity contribution in [2.24, 2.45) is 0 Å². The molecule has 100 valence electrons. The fourth-order valence-corrected chi connectivity index (χ4v) is 2.25. The quantitative estimate of drug-likeness (QED) is 0.768. The maximum atomic E-state index is 12.2. The summed E-state index contributed by atoms with van der Waals surface area (Å²) >= 11 is 5.79. The summed E-state index contributed by atoms with van der Waals surface area (Å²) in [6, 6.07) is 7.13. The Morgan fingerprint density at radius 1 is 1.42 bits per heavy atom. The van der Waals surface area contributed by atoms with Crippen LogP contribution >= 0.6 is 11.6 Å². The second kappa shape index (κ2) is 6.00. The third-order valence-corrected chi connectivity index (χ3v) is 3.48. The zero-order valence-corrected chi connectivity index (χ0v) is 11.5. The molecule has 5 nitrogen and oxygen atoms in total. The Bertz CT molecular complexity index is 506. The summed E-state index contributed by atoms with van der Waals surface area (Å²) in [4.78, 5) is 20.1. The van der Waals surface area contributed by atoms with Crippen LogP contribution in [0.2, 0.25) is 5.15 Å². The molecule has 1 saturated heterocycles. The van der Waals surface area contributed by atoms with Gasteiger partial charge in [-0.05, 0) is 19.1 Å². The topological polar surface area (TPSA) is 60.2 Å². The van der Waals surface area contributed by atoms with E-state index in [0.29, 0.717) is 37.0 Å². The second-order valence-corrected chi connectivity index (χ2v) is 4.87. The number of nitrogens with zero attached hydrogens (tertiary/aromatic N) is 4. The Morgan fingerprint density at radius 2 is 2.11 bits per heavy atom. The van der Waals surface area contributed by atoms with Gasteiger partial charge in [-0.25, -0.2) is 4.98 Å². The first-order chi connectivity index (χ1) is 9.11. The van der Waals surface area contributed by atoms with Crippen LogP contribution in [0.5, 0.6) is 0 Å². The number of hydrogen-bond donors (Lipinski definition) is 0. The van der Waals surface area contributed by atoms with Gasteiger partial charge >= 0.3 is 0 Å². The minimum absolute atomic E-state index is 0.105. The molecule has 1 amide bonds. The van der Waals surface area contributed by atoms with E-state index in [9.17, 15) is 4.79 Å². The Hall–Kier alpha value is -1.64. The molecule has 1 aliphatic heterocycles. The van der Waals surface area contributed by atoms with Crippen molar-refractivity contribution in [3.63, 3.8) is 0 Å². The molecule has 0 N–H and O–H groups in total. The molecular weight excluding hydrogens is 264 g/mol. The van der Waals surface area contributed by atoms with E-state index in [1.54, 1.807) is 23.1 Å². The largest absolute Gasteiger partial charge is 0.335 e. The predicted octanol–water partition coefficient (Wildman–Crippen LogP) is 1.40. The lowest BCUT2D eigenvalue weighted by atomic mass is 10.2. The van der Waals surface area contributed by atoms with Crippen LogP contribution in [0.1, 0.15) is 17.4 Å². The normalized spacial score (nSPS) is 17.8. The summed E-state index contributed by atoms with van der Waals surface area (Å²) < 4.78 is 0. The van der Waals surface area contributed by atoms with E-state index in [-0.39, 0.29) is 11.9 Å². The molecule has 19 heavy (non-hydrogen) atoms. The highest BCUT2D eigenvalue weighted by molar-refractivity contribution is 6.29. The highest BCUT2D eigenvalue weighted by atomic mass is 35.5. The van der Waals surface area contributed by atoms with E-state index >= 15 is 0 Å². The van der Waals surface area contributed by atoms with Gasteiger partial charge in [-0.2, -0.15) is 5.26 Å². The van der Waals surface area contributed by atoms with Gasteiger partial charge in [0.25, 0.3) is 5.91 Å². The van der Waals surface area contributed by atoms with Gasteiger partial charge in [-0.15, -0.1) is 0 Å². The predicted molar refractivity (Wildman–Crippen MR) is 71.8 cm³/mol. The molecule has 1 aromatic rings. The maximum Gasteiger partial charge on any atom is 0.272 e. The highest BCUT2D eigenvalue weighted by Gasteiger charge is 2.25. The lowest BCUT2D eigenvalue weighted by Crippen LogP contribution is -2.51. The maximum absolute atomic E-state index is 12.2. The standard InChI is InChI=1S/C13H15ClN4O/c1-10(9-15)17-5-7-18(8-6-17)13(19)11-3-2-4-12(14)16-11/h2-4,10H,5-8H2,1H3. The average molecular weight is 279 g/mol. The zero-order valence-electron chi connectivity index (χ0n) is 10.7. The van der Waals surface area contributed by atoms with Crippen molar-refractivity contribution in [3.8, 4) is 6.07 Å². The van der Waals surface area contributed by atoms with Gasteiger partial charge in [0.2, 0.25) is 0 Å². The molecule has 0 aliphatic carbocycles. The second-order valence-electron chi connectivity index (χ2n) is 4.48. The molecular formula is C13H15ClN4O. The first-order valence-corrected chi connectivity index (χ1v) is 6.55. The van der Waals surface area contributed by atoms with Crippen LogP contribution in [0.15, 0.2) is 18.2 Å². The fourth-order valence-electron chi connectivity index (χ4n) is 2.08. The summed E-state index contributed by atoms with van der Waals surface area (Å²) in [5, 5.41) is 9.20. The van der Waals surface area contributed by atoms with Crippen LogP contribution in [0.3, 0.4) is 0 Å². The molecule has 0 radical (unpaired) electrons. The molecule has 1 atom stereocenters. The number of nitriles is 1. The molecule has 0 aromatic carbocycles. The molecule has 1 aliphatic rings. The van der Waals surface area contributed by atoms with E-state index in [4.69, 9.17) is 16.9 Å². The Kier molecular flexibility index (Phi) is 4.35. The molecule has 6 heteroatoms. The first kappa shape index (κ1) is 13.8. The van der Waals surface area contributed by atoms with E-state index in [2.05, 4.69) is 16.0 Å². The Morgan fingerprint density at radius 3 is 2.68 bits per heavy atom. The Balaban J connectivity index is 1.98. The van der Waals surface area contributed by atoms with E-state index in [1.807, 2.05) is 6.92 Å². The van der Waals surface area contributed by atoms with Gasteiger partial charge in [-0.3, -0.25) is 9.69 Å². The summed E-state index contributed by atoms with van der Waals surface area (Å²) in [5.74, 6) is -0.105. The molecule has 0 spiro atoms. The lowest BCUT2D eigenvalue weighted by molar-refractivity contribution is 0.0610. The molecule has 1 unspecified atom stereocenters. The van der Waals surface area contributed by atoms with E-state index in [1.165, 1.54) is 0 Å². The van der Waals surface area contributed by atoms with Crippen molar-refractivity contribution >= 4 is 17.5 Å². The summed E-state index contributed by atoms with van der Waals surface area (Å²) in [5.41, 5.74) is 0.370. The van der Waals surface area contributed by atoms with Crippen molar-refractivity contribution in [3.05, 3.63) is 29.0 Å². The van der Waals surface area contributed by atoms with Crippen LogP contribution in [0.25, 0.3) is 0 Å². The van der Waals surface area contributed by atoms with Gasteiger partial charge in [0.1, 0.15) is 10.8 Å². The average Bonchev–Trinajstić information content (AvgIpc) is 2.46. The Labute approximate surface area is 117 Å². The molecule has 0 saturated carbocycles. The minimum Gasteiger partial charge on any atom is -0.335 e. The third kappa shape index (κ3) is 3.22. The zero-order chi connectivity index (χ0) is 13.8. The SMILES string of the molecule is CC(C#N)N1CCN(C(=O)c2cccc(Cl)n2)CC1. The van der Waals surface area contributed by atoms with Gasteiger partial charge < -0.3 is 4.90 Å². The minimum atomic E-state index is -0.110. The fraction of sp³-hybridized carbons (Fsp3) is 0.462. The monoisotopic (exact) mass is 278 g/mol. The number of carbonyl (C=O) groups is 1. The summed E-state index contributed by atoms with van der Waals surface area (Å²) in [6.07, 6.45) is 0. The third-order valence-electron chi connectivity index (χ3n) is 3.27. The molecule has 1 aromatic heterocycles. The van der Waals surface area contributed by atoms with Gasteiger partial charge in [0.05, 0.1) is 12.1 Å². The van der Waals surface area contributed by atoms with Crippen molar-refractivity contribution in [2.45, 2.75) is 13.0 Å². The van der Waals surface area contributed by atoms with E-state index < -0.39 is 0 Å². The number of carbonyl (C=O) groups excluding carboxylic acids is 1. The van der Waals surface area contributed by atoms with Crippen molar-refractivity contribution in [1.29, 1.82) is 5.26 Å². The summed E-state index contributed by atoms with van der Waals surface area (Å²) in [6.45, 7) is 4.51. The van der Waals surface area contributed by atoms with Crippen LogP contribution < -0.4 is 0 Å². The van der Waals surface area contributed by atoms with Crippen LogP contribution in [-0.4, -0.2) is 52.9 Å². The number of amides is 1. The van der Waals surface area contributed by atoms with E-state index in [0.717, 1.165) is 0 Å². The number of aromatic nitrogens is 1. The molecule has 1 fully saturated rings. The first-order valence-electron chi connectivity index (χ1n) is 6.17. The molecule has 2 rings (SSSR count). The lowest BCUT2D eigenvalue weighted by Gasteiger charge is -2.35. The van der Waals surface area contributed by atoms with Gasteiger partial charge in [0, 0.05) is 26.2 Å². The highest BCUT2D eigenvalue weighted by Crippen LogP contribution is 2.11. The number of pyridine rings is 1. The number of rotatable bonds is 2. The van der Waals surface area contributed by atoms with Crippen molar-refractivity contribution in [2.75, 3.05) is 26.2 Å². The molecule has 0 bridgehead atoms. The van der Waals surface area contributed by atoms with Crippen LogP contribution in [-0.2, 0) is 0 Å².